The molecular weight excluding hydrogens is 375 g/mol. The van der Waals surface area contributed by atoms with Gasteiger partial charge in [-0.2, -0.15) is 13.2 Å². The molecule has 0 aromatic heterocycles. The Bertz CT molecular complexity index is 819. The maximum atomic E-state index is 13.2. The molecule has 0 N–H and O–H groups in total. The average Bonchev–Trinajstić information content (AvgIpc) is 2.61. The molecule has 0 aliphatic heterocycles. The summed E-state index contributed by atoms with van der Waals surface area (Å²) >= 11 is 6.34. The van der Waals surface area contributed by atoms with Gasteiger partial charge in [0, 0.05) is 32.9 Å². The number of hydrogen-bond acceptors (Lipinski definition) is 2. The van der Waals surface area contributed by atoms with Crippen LogP contribution in [0.15, 0.2) is 41.4 Å². The fourth-order valence-corrected chi connectivity index (χ4v) is 2.89. The van der Waals surface area contributed by atoms with E-state index >= 15 is 0 Å². The number of hydrogen-bond donors (Lipinski definition) is 0. The fourth-order valence-electron chi connectivity index (χ4n) is 2.68. The highest BCUT2D eigenvalue weighted by Gasteiger charge is 2.33. The maximum Gasteiger partial charge on any atom is 0.416 e. The first-order valence-corrected chi connectivity index (χ1v) is 8.92. The zero-order chi connectivity index (χ0) is 20.2. The average molecular weight is 398 g/mol. The predicted molar refractivity (Wildman–Crippen MR) is 106 cm³/mol. The number of rotatable bonds is 6. The first-order valence-electron chi connectivity index (χ1n) is 8.54. The molecule has 0 saturated heterocycles. The van der Waals surface area contributed by atoms with Crippen LogP contribution in [-0.4, -0.2) is 31.9 Å². The molecule has 0 atom stereocenters. The van der Waals surface area contributed by atoms with Gasteiger partial charge in [0.05, 0.1) is 22.6 Å². The monoisotopic (exact) mass is 397 g/mol. The Morgan fingerprint density at radius 2 is 1.81 bits per heavy atom. The summed E-state index contributed by atoms with van der Waals surface area (Å²) in [5.74, 6) is 0. The molecule has 2 aromatic carbocycles. The second-order valence-corrected chi connectivity index (χ2v) is 6.83. The molecule has 0 fully saturated rings. The van der Waals surface area contributed by atoms with E-state index in [0.29, 0.717) is 10.7 Å². The number of halogens is 4. The standard InChI is InChI=1S/C20H23ClF3N3/c1-5-26(3)13-25-18-10-14(2)19(11-17(18)21)27(4)12-15-8-6-7-9-16(15)20(22,23)24/h6-11,13H,5,12H2,1-4H3. The molecule has 0 amide bonds. The summed E-state index contributed by atoms with van der Waals surface area (Å²) in [7, 11) is 3.66. The van der Waals surface area contributed by atoms with Crippen LogP contribution in [-0.2, 0) is 12.7 Å². The maximum absolute atomic E-state index is 13.2. The molecule has 3 nitrogen and oxygen atoms in total. The van der Waals surface area contributed by atoms with Crippen molar-refractivity contribution in [3.05, 3.63) is 58.1 Å². The van der Waals surface area contributed by atoms with Crippen LogP contribution in [0.3, 0.4) is 0 Å². The minimum atomic E-state index is -4.38. The number of aliphatic imine (C=N–C) groups is 1. The lowest BCUT2D eigenvalue weighted by Crippen LogP contribution is -2.20. The second kappa shape index (κ2) is 8.65. The van der Waals surface area contributed by atoms with Gasteiger partial charge in [0.15, 0.2) is 0 Å². The fraction of sp³-hybridized carbons (Fsp3) is 0.350. The minimum absolute atomic E-state index is 0.119. The van der Waals surface area contributed by atoms with Gasteiger partial charge in [0.2, 0.25) is 0 Å². The molecule has 0 radical (unpaired) electrons. The van der Waals surface area contributed by atoms with Gasteiger partial charge in [0.1, 0.15) is 0 Å². The SMILES string of the molecule is CCN(C)C=Nc1cc(C)c(N(C)Cc2ccccc2C(F)(F)F)cc1Cl. The van der Waals surface area contributed by atoms with Crippen LogP contribution >= 0.6 is 11.6 Å². The van der Waals surface area contributed by atoms with Gasteiger partial charge in [0.25, 0.3) is 0 Å². The normalized spacial score (nSPS) is 11.9. The zero-order valence-electron chi connectivity index (χ0n) is 15.8. The van der Waals surface area contributed by atoms with Gasteiger partial charge >= 0.3 is 6.18 Å². The molecule has 7 heteroatoms. The van der Waals surface area contributed by atoms with E-state index in [1.165, 1.54) is 12.1 Å². The molecule has 27 heavy (non-hydrogen) atoms. The zero-order valence-corrected chi connectivity index (χ0v) is 16.6. The van der Waals surface area contributed by atoms with Gasteiger partial charge in [-0.05, 0) is 43.2 Å². The van der Waals surface area contributed by atoms with Crippen molar-refractivity contribution in [2.45, 2.75) is 26.6 Å². The third kappa shape index (κ3) is 5.39. The van der Waals surface area contributed by atoms with Gasteiger partial charge in [-0.25, -0.2) is 4.99 Å². The quantitative estimate of drug-likeness (QED) is 0.445. The lowest BCUT2D eigenvalue weighted by molar-refractivity contribution is -0.138. The number of benzene rings is 2. The molecule has 0 spiro atoms. The van der Waals surface area contributed by atoms with Gasteiger partial charge in [-0.3, -0.25) is 0 Å². The first-order chi connectivity index (χ1) is 12.6. The lowest BCUT2D eigenvalue weighted by atomic mass is 10.1. The summed E-state index contributed by atoms with van der Waals surface area (Å²) in [6, 6.07) is 9.19. The van der Waals surface area contributed by atoms with E-state index in [4.69, 9.17) is 11.6 Å². The highest BCUT2D eigenvalue weighted by Crippen LogP contribution is 2.35. The van der Waals surface area contributed by atoms with Crippen LogP contribution in [0, 0.1) is 6.92 Å². The van der Waals surface area contributed by atoms with E-state index < -0.39 is 11.7 Å². The summed E-state index contributed by atoms with van der Waals surface area (Å²) in [4.78, 5) is 8.05. The van der Waals surface area contributed by atoms with Crippen molar-refractivity contribution < 1.29 is 13.2 Å². The predicted octanol–water partition coefficient (Wildman–Crippen LogP) is 5.92. The Kier molecular flexibility index (Phi) is 6.76. The summed E-state index contributed by atoms with van der Waals surface area (Å²) in [6.07, 6.45) is -2.68. The van der Waals surface area contributed by atoms with E-state index in [-0.39, 0.29) is 12.1 Å². The van der Waals surface area contributed by atoms with Crippen LogP contribution in [0.2, 0.25) is 5.02 Å². The van der Waals surface area contributed by atoms with Crippen LogP contribution < -0.4 is 4.90 Å². The molecule has 2 rings (SSSR count). The van der Waals surface area contributed by atoms with Crippen molar-refractivity contribution >= 4 is 29.3 Å². The Balaban J connectivity index is 2.29. The third-order valence-corrected chi connectivity index (χ3v) is 4.60. The van der Waals surface area contributed by atoms with Crippen molar-refractivity contribution in [3.8, 4) is 0 Å². The molecule has 0 saturated carbocycles. The summed E-state index contributed by atoms with van der Waals surface area (Å²) < 4.78 is 39.7. The molecule has 0 aliphatic rings. The van der Waals surface area contributed by atoms with Crippen LogP contribution in [0.1, 0.15) is 23.6 Å². The molecule has 2 aromatic rings. The van der Waals surface area contributed by atoms with Crippen LogP contribution in [0.4, 0.5) is 24.5 Å². The summed E-state index contributed by atoms with van der Waals surface area (Å²) in [6.45, 7) is 4.84. The number of nitrogens with zero attached hydrogens (tertiary/aromatic N) is 3. The van der Waals surface area contributed by atoms with E-state index in [1.54, 1.807) is 30.4 Å². The first kappa shape index (κ1) is 21.1. The number of alkyl halides is 3. The van der Waals surface area contributed by atoms with Gasteiger partial charge in [-0.1, -0.05) is 29.8 Å². The molecule has 0 unspecified atom stereocenters. The summed E-state index contributed by atoms with van der Waals surface area (Å²) in [5.41, 5.74) is 1.87. The van der Waals surface area contributed by atoms with Crippen molar-refractivity contribution in [1.29, 1.82) is 0 Å². The number of aryl methyl sites for hydroxylation is 1. The molecule has 0 aliphatic carbocycles. The van der Waals surface area contributed by atoms with Crippen molar-refractivity contribution in [2.24, 2.45) is 4.99 Å². The van der Waals surface area contributed by atoms with Gasteiger partial charge in [-0.15, -0.1) is 0 Å². The second-order valence-electron chi connectivity index (χ2n) is 6.42. The van der Waals surface area contributed by atoms with E-state index in [9.17, 15) is 13.2 Å². The molecule has 146 valence electrons. The Morgan fingerprint density at radius 1 is 1.15 bits per heavy atom. The van der Waals surface area contributed by atoms with Crippen molar-refractivity contribution in [2.75, 3.05) is 25.5 Å². The third-order valence-electron chi connectivity index (χ3n) is 4.30. The summed E-state index contributed by atoms with van der Waals surface area (Å²) in [5, 5.41) is 0.451. The molecular formula is C20H23ClF3N3. The molecule has 0 heterocycles. The number of anilines is 1. The Hall–Kier alpha value is -2.21. The highest BCUT2D eigenvalue weighted by atomic mass is 35.5. The molecule has 0 bridgehead atoms. The van der Waals surface area contributed by atoms with Crippen LogP contribution in [0.25, 0.3) is 0 Å². The highest BCUT2D eigenvalue weighted by molar-refractivity contribution is 6.33. The van der Waals surface area contributed by atoms with Crippen LogP contribution in [0.5, 0.6) is 0 Å². The van der Waals surface area contributed by atoms with E-state index in [1.807, 2.05) is 31.9 Å². The Morgan fingerprint density at radius 3 is 2.44 bits per heavy atom. The van der Waals surface area contributed by atoms with Crippen molar-refractivity contribution in [1.82, 2.24) is 4.90 Å². The minimum Gasteiger partial charge on any atom is -0.370 e. The smallest absolute Gasteiger partial charge is 0.370 e. The Labute approximate surface area is 163 Å². The van der Waals surface area contributed by atoms with E-state index in [0.717, 1.165) is 23.9 Å². The van der Waals surface area contributed by atoms with E-state index in [2.05, 4.69) is 4.99 Å². The van der Waals surface area contributed by atoms with Crippen molar-refractivity contribution in [3.63, 3.8) is 0 Å². The van der Waals surface area contributed by atoms with Gasteiger partial charge < -0.3 is 9.80 Å². The largest absolute Gasteiger partial charge is 0.416 e. The topological polar surface area (TPSA) is 18.8 Å². The lowest BCUT2D eigenvalue weighted by Gasteiger charge is -2.24.